The molecule has 2 aromatic rings. The highest BCUT2D eigenvalue weighted by molar-refractivity contribution is 6.48. The molecule has 0 unspecified atom stereocenters. The number of nitrogens with one attached hydrogen (secondary N) is 1. The van der Waals surface area contributed by atoms with Crippen LogP contribution in [0.15, 0.2) is 18.2 Å². The lowest BCUT2D eigenvalue weighted by Gasteiger charge is -2.27. The summed E-state index contributed by atoms with van der Waals surface area (Å²) in [4.78, 5) is 45.2. The van der Waals surface area contributed by atoms with E-state index in [1.165, 1.54) is 4.68 Å². The molecule has 9 heteroatoms. The summed E-state index contributed by atoms with van der Waals surface area (Å²) in [7, 11) is 0. The summed E-state index contributed by atoms with van der Waals surface area (Å²) in [5.74, 6) is -1.73. The molecule has 2 aliphatic heterocycles. The van der Waals surface area contributed by atoms with Gasteiger partial charge in [-0.2, -0.15) is 0 Å². The first-order valence-corrected chi connectivity index (χ1v) is 9.86. The van der Waals surface area contributed by atoms with Gasteiger partial charge in [0, 0.05) is 43.7 Å². The second-order valence-electron chi connectivity index (χ2n) is 6.94. The maximum atomic E-state index is 12.8. The molecular weight excluding hydrogens is 376 g/mol. The van der Waals surface area contributed by atoms with Gasteiger partial charge in [0.1, 0.15) is 5.69 Å². The van der Waals surface area contributed by atoms with Crippen molar-refractivity contribution in [2.75, 3.05) is 44.6 Å². The number of nitrogens with zero attached hydrogens (tertiary/aromatic N) is 3. The van der Waals surface area contributed by atoms with E-state index in [4.69, 9.17) is 9.57 Å². The second kappa shape index (κ2) is 7.94. The molecular formula is C20H24N4O5. The monoisotopic (exact) mass is 400 g/mol. The van der Waals surface area contributed by atoms with Crippen LogP contribution in [0.4, 0.5) is 0 Å². The Morgan fingerprint density at radius 1 is 1.14 bits per heavy atom. The Balaban J connectivity index is 1.87. The lowest BCUT2D eigenvalue weighted by molar-refractivity contribution is -0.123. The maximum Gasteiger partial charge on any atom is 0.340 e. The van der Waals surface area contributed by atoms with Crippen molar-refractivity contribution in [1.29, 1.82) is 0 Å². The summed E-state index contributed by atoms with van der Waals surface area (Å²) in [5.41, 5.74) is 2.09. The number of aromatic nitrogens is 1. The Hall–Kier alpha value is -2.75. The predicted octanol–water partition coefficient (Wildman–Crippen LogP) is 0.836. The van der Waals surface area contributed by atoms with Crippen molar-refractivity contribution in [2.24, 2.45) is 0 Å². The average molecular weight is 400 g/mol. The zero-order valence-electron chi connectivity index (χ0n) is 16.6. The number of carbonyl (C=O) groups is 3. The molecule has 1 saturated heterocycles. The number of rotatable bonds is 6. The first-order chi connectivity index (χ1) is 14.1. The van der Waals surface area contributed by atoms with Gasteiger partial charge >= 0.3 is 11.9 Å². The molecule has 1 amide bonds. The van der Waals surface area contributed by atoms with Crippen molar-refractivity contribution in [3.8, 4) is 0 Å². The molecule has 0 aliphatic carbocycles. The number of Topliss-reactive ketones (excluding diaryl/α,β-unsaturated/α-hetero) is 1. The SMILES string of the molecule is CCOC(=O)c1ccc2c(c1)c(CN1CCNCC1)c1n2N(OCC)C(=O)C1=O. The molecule has 1 N–H and O–H groups in total. The minimum absolute atomic E-state index is 0.242. The van der Waals surface area contributed by atoms with E-state index in [9.17, 15) is 14.4 Å². The Morgan fingerprint density at radius 2 is 1.90 bits per heavy atom. The van der Waals surface area contributed by atoms with Crippen LogP contribution in [-0.2, 0) is 20.9 Å². The molecule has 1 fully saturated rings. The molecule has 154 valence electrons. The molecule has 29 heavy (non-hydrogen) atoms. The smallest absolute Gasteiger partial charge is 0.340 e. The van der Waals surface area contributed by atoms with Crippen LogP contribution in [0.3, 0.4) is 0 Å². The van der Waals surface area contributed by atoms with Gasteiger partial charge in [0.05, 0.1) is 24.3 Å². The lowest BCUT2D eigenvalue weighted by atomic mass is 10.0. The number of amides is 1. The molecule has 4 rings (SSSR count). The van der Waals surface area contributed by atoms with Crippen molar-refractivity contribution in [1.82, 2.24) is 14.9 Å². The molecule has 0 bridgehead atoms. The van der Waals surface area contributed by atoms with Crippen LogP contribution in [0.25, 0.3) is 10.9 Å². The van der Waals surface area contributed by atoms with Gasteiger partial charge < -0.3 is 10.1 Å². The van der Waals surface area contributed by atoms with E-state index in [2.05, 4.69) is 10.2 Å². The van der Waals surface area contributed by atoms with Crippen LogP contribution in [0.2, 0.25) is 0 Å². The summed E-state index contributed by atoms with van der Waals surface area (Å²) < 4.78 is 6.65. The fourth-order valence-electron chi connectivity index (χ4n) is 3.87. The fraction of sp³-hybridized carbons (Fsp3) is 0.450. The van der Waals surface area contributed by atoms with E-state index in [-0.39, 0.29) is 13.2 Å². The summed E-state index contributed by atoms with van der Waals surface area (Å²) in [6, 6.07) is 5.10. The molecule has 3 heterocycles. The third-order valence-corrected chi connectivity index (χ3v) is 5.17. The van der Waals surface area contributed by atoms with E-state index in [0.29, 0.717) is 23.3 Å². The van der Waals surface area contributed by atoms with Gasteiger partial charge in [0.25, 0.3) is 5.78 Å². The number of fused-ring (bicyclic) bond motifs is 3. The van der Waals surface area contributed by atoms with Crippen molar-refractivity contribution >= 4 is 28.6 Å². The minimum atomic E-state index is -0.709. The van der Waals surface area contributed by atoms with Crippen molar-refractivity contribution in [2.45, 2.75) is 20.4 Å². The van der Waals surface area contributed by atoms with Crippen molar-refractivity contribution in [3.63, 3.8) is 0 Å². The van der Waals surface area contributed by atoms with E-state index in [1.54, 1.807) is 32.0 Å². The third kappa shape index (κ3) is 3.31. The summed E-state index contributed by atoms with van der Waals surface area (Å²) >= 11 is 0. The van der Waals surface area contributed by atoms with Crippen molar-refractivity contribution < 1.29 is 24.0 Å². The van der Waals surface area contributed by atoms with Crippen LogP contribution >= 0.6 is 0 Å². The van der Waals surface area contributed by atoms with Crippen LogP contribution in [-0.4, -0.2) is 66.6 Å². The number of esters is 1. The largest absolute Gasteiger partial charge is 0.462 e. The standard InChI is InChI=1S/C20H24N4O5/c1-3-28-20(27)13-5-6-16-14(11-13)15(12-22-9-7-21-8-10-22)17-18(25)19(26)24(23(16)17)29-4-2/h5-6,11,21H,3-4,7-10,12H2,1-2H3. The number of ketones is 1. The summed E-state index contributed by atoms with van der Waals surface area (Å²) in [5, 5.41) is 5.07. The van der Waals surface area contributed by atoms with Gasteiger partial charge in [-0.05, 0) is 32.0 Å². The Bertz CT molecular complexity index is 977. The Kier molecular flexibility index (Phi) is 5.35. The zero-order chi connectivity index (χ0) is 20.5. The van der Waals surface area contributed by atoms with Gasteiger partial charge in [0.15, 0.2) is 0 Å². The van der Waals surface area contributed by atoms with E-state index in [1.807, 2.05) is 0 Å². The molecule has 1 aromatic heterocycles. The Labute approximate surface area is 168 Å². The highest BCUT2D eigenvalue weighted by Crippen LogP contribution is 2.33. The fourth-order valence-corrected chi connectivity index (χ4v) is 3.87. The highest BCUT2D eigenvalue weighted by Gasteiger charge is 2.42. The molecule has 0 radical (unpaired) electrons. The molecule has 1 aromatic carbocycles. The number of hydrogen-bond donors (Lipinski definition) is 1. The number of ether oxygens (including phenoxy) is 1. The molecule has 0 atom stereocenters. The van der Waals surface area contributed by atoms with Crippen LogP contribution in [0.5, 0.6) is 0 Å². The minimum Gasteiger partial charge on any atom is -0.462 e. The Morgan fingerprint density at radius 3 is 2.59 bits per heavy atom. The van der Waals surface area contributed by atoms with Crippen LogP contribution in [0.1, 0.15) is 40.3 Å². The average Bonchev–Trinajstić information content (AvgIpc) is 3.17. The normalized spacial score (nSPS) is 17.2. The second-order valence-corrected chi connectivity index (χ2v) is 6.94. The topological polar surface area (TPSA) is 93.1 Å². The van der Waals surface area contributed by atoms with Crippen LogP contribution < -0.4 is 10.5 Å². The molecule has 9 nitrogen and oxygen atoms in total. The molecule has 0 saturated carbocycles. The van der Waals surface area contributed by atoms with E-state index < -0.39 is 17.7 Å². The van der Waals surface area contributed by atoms with E-state index in [0.717, 1.165) is 42.3 Å². The van der Waals surface area contributed by atoms with E-state index >= 15 is 0 Å². The summed E-state index contributed by atoms with van der Waals surface area (Å²) in [6.45, 7) is 7.92. The predicted molar refractivity (Wildman–Crippen MR) is 105 cm³/mol. The number of piperazine rings is 1. The molecule has 0 spiro atoms. The van der Waals surface area contributed by atoms with Crippen molar-refractivity contribution in [3.05, 3.63) is 35.0 Å². The van der Waals surface area contributed by atoms with Gasteiger partial charge in [-0.3, -0.25) is 19.3 Å². The molecule has 2 aliphatic rings. The van der Waals surface area contributed by atoms with Gasteiger partial charge in [-0.1, -0.05) is 0 Å². The first-order valence-electron chi connectivity index (χ1n) is 9.86. The quantitative estimate of drug-likeness (QED) is 0.567. The van der Waals surface area contributed by atoms with Crippen LogP contribution in [0, 0.1) is 0 Å². The lowest BCUT2D eigenvalue weighted by Crippen LogP contribution is -2.43. The first kappa shape index (κ1) is 19.6. The van der Waals surface area contributed by atoms with Gasteiger partial charge in [0.2, 0.25) is 0 Å². The number of hydroxylamine groups is 1. The van der Waals surface area contributed by atoms with Gasteiger partial charge in [-0.25, -0.2) is 9.47 Å². The highest BCUT2D eigenvalue weighted by atomic mass is 16.7. The summed E-state index contributed by atoms with van der Waals surface area (Å²) in [6.07, 6.45) is 0. The number of hydrogen-bond acceptors (Lipinski definition) is 7. The zero-order valence-corrected chi connectivity index (χ0v) is 16.6. The third-order valence-electron chi connectivity index (χ3n) is 5.17. The number of carbonyl (C=O) groups excluding carboxylic acids is 3. The maximum absolute atomic E-state index is 12.8. The van der Waals surface area contributed by atoms with Gasteiger partial charge in [-0.15, -0.1) is 5.17 Å². The number of benzene rings is 1.